The number of unbranched alkanes of at least 4 members (excludes halogenated alkanes) is 3. The van der Waals surface area contributed by atoms with Gasteiger partial charge in [-0.2, -0.15) is 0 Å². The lowest BCUT2D eigenvalue weighted by atomic mass is 9.72. The maximum absolute atomic E-state index is 15.2. The molecule has 2 heterocycles. The van der Waals surface area contributed by atoms with Crippen LogP contribution in [0.3, 0.4) is 0 Å². The fourth-order valence-electron chi connectivity index (χ4n) is 10.6. The highest BCUT2D eigenvalue weighted by atomic mass is 19.1. The monoisotopic (exact) mass is 1050 g/mol. The number of aliphatic imine (C=N–C) groups is 1. The molecule has 0 bridgehead atoms. The first-order valence-corrected chi connectivity index (χ1v) is 31.2. The Kier molecular flexibility index (Phi) is 36.7. The second-order valence-electron chi connectivity index (χ2n) is 23.5. The Morgan fingerprint density at radius 3 is 1.93 bits per heavy atom. The maximum atomic E-state index is 15.2. The number of amides is 1. The zero-order chi connectivity index (χ0) is 58.1. The predicted molar refractivity (Wildman–Crippen MR) is 336 cm³/mol. The van der Waals surface area contributed by atoms with Gasteiger partial charge in [0.05, 0.1) is 22.5 Å². The predicted octanol–water partition coefficient (Wildman–Crippen LogP) is 22.4. The van der Waals surface area contributed by atoms with Gasteiger partial charge in [0.25, 0.3) is 0 Å². The first kappa shape index (κ1) is 72.1. The van der Waals surface area contributed by atoms with Gasteiger partial charge in [-0.25, -0.2) is 9.37 Å². The largest absolute Gasteiger partial charge is 0.338 e. The summed E-state index contributed by atoms with van der Waals surface area (Å²) in [5.41, 5.74) is 5.93. The van der Waals surface area contributed by atoms with Crippen LogP contribution in [0.15, 0.2) is 65.1 Å². The van der Waals surface area contributed by atoms with E-state index in [1.165, 1.54) is 63.9 Å². The molecule has 2 unspecified atom stereocenters. The van der Waals surface area contributed by atoms with Crippen LogP contribution in [0.5, 0.6) is 0 Å². The second kappa shape index (κ2) is 38.7. The van der Waals surface area contributed by atoms with Crippen LogP contribution in [-0.2, 0) is 15.0 Å². The van der Waals surface area contributed by atoms with E-state index in [1.54, 1.807) is 12.2 Å². The number of benzene rings is 1. The van der Waals surface area contributed by atoms with Crippen LogP contribution in [0.25, 0.3) is 11.3 Å². The van der Waals surface area contributed by atoms with E-state index >= 15 is 4.39 Å². The lowest BCUT2D eigenvalue weighted by molar-refractivity contribution is -0.132. The first-order chi connectivity index (χ1) is 36.1. The van der Waals surface area contributed by atoms with Crippen molar-refractivity contribution in [3.05, 3.63) is 71.2 Å². The number of carbonyl (C=O) groups is 2. The summed E-state index contributed by atoms with van der Waals surface area (Å²) >= 11 is 0. The van der Waals surface area contributed by atoms with E-state index in [-0.39, 0.29) is 29.1 Å². The van der Waals surface area contributed by atoms with Crippen molar-refractivity contribution in [2.45, 2.75) is 292 Å². The summed E-state index contributed by atoms with van der Waals surface area (Å²) in [5, 5.41) is 3.27. The number of rotatable bonds is 28. The van der Waals surface area contributed by atoms with Crippen LogP contribution in [0, 0.1) is 35.5 Å². The third kappa shape index (κ3) is 22.8. The van der Waals surface area contributed by atoms with Gasteiger partial charge in [-0.15, -0.1) is 0 Å². The Morgan fingerprint density at radius 1 is 0.829 bits per heavy atom. The van der Waals surface area contributed by atoms with Crippen molar-refractivity contribution in [3.63, 3.8) is 0 Å². The molecule has 2 atom stereocenters. The molecule has 1 aromatic carbocycles. The van der Waals surface area contributed by atoms with Crippen molar-refractivity contribution < 1.29 is 14.0 Å². The van der Waals surface area contributed by atoms with Crippen LogP contribution >= 0.6 is 0 Å². The van der Waals surface area contributed by atoms with Gasteiger partial charge >= 0.3 is 0 Å². The Balaban J connectivity index is 0.00000148. The molecular weight excluding hydrogens is 936 g/mol. The van der Waals surface area contributed by atoms with Gasteiger partial charge in [-0.05, 0) is 125 Å². The first-order valence-electron chi connectivity index (χ1n) is 31.2. The quantitative estimate of drug-likeness (QED) is 0.0523. The highest BCUT2D eigenvalue weighted by Crippen LogP contribution is 2.52. The number of aromatic nitrogens is 1. The molecule has 1 aliphatic carbocycles. The molecule has 0 radical (unpaired) electrons. The van der Waals surface area contributed by atoms with Crippen LogP contribution in [0.4, 0.5) is 21.6 Å². The van der Waals surface area contributed by atoms with Crippen LogP contribution in [0.2, 0.25) is 0 Å². The Labute approximate surface area is 470 Å². The van der Waals surface area contributed by atoms with Gasteiger partial charge < -0.3 is 10.2 Å². The molecule has 1 saturated carbocycles. The molecule has 1 aromatic heterocycles. The van der Waals surface area contributed by atoms with E-state index in [2.05, 4.69) is 139 Å². The molecule has 7 heteroatoms. The van der Waals surface area contributed by atoms with Crippen LogP contribution < -0.4 is 10.2 Å². The lowest BCUT2D eigenvalue weighted by Crippen LogP contribution is -2.50. The third-order valence-electron chi connectivity index (χ3n) is 15.2. The number of allylic oxidation sites excluding steroid dienone is 5. The topological polar surface area (TPSA) is 74.7 Å². The molecule has 6 nitrogen and oxygen atoms in total. The van der Waals surface area contributed by atoms with Crippen LogP contribution in [0.1, 0.15) is 284 Å². The van der Waals surface area contributed by atoms with E-state index in [9.17, 15) is 9.59 Å². The molecule has 0 spiro atoms. The summed E-state index contributed by atoms with van der Waals surface area (Å²) < 4.78 is 15.2. The van der Waals surface area contributed by atoms with Crippen molar-refractivity contribution >= 4 is 35.1 Å². The number of anilines is 2. The highest BCUT2D eigenvalue weighted by molar-refractivity contribution is 6.09. The highest BCUT2D eigenvalue weighted by Gasteiger charge is 2.53. The van der Waals surface area contributed by atoms with Gasteiger partial charge in [0.1, 0.15) is 17.4 Å². The molecule has 1 aliphatic heterocycles. The number of carbonyl (C=O) groups excluding carboxylic acids is 2. The van der Waals surface area contributed by atoms with Gasteiger partial charge in [0, 0.05) is 40.4 Å². The summed E-state index contributed by atoms with van der Waals surface area (Å²) in [7, 11) is 0. The SMILES string of the molecule is CC.CC(C)C.CCCC(C)(C)CC.CCCCCCC(C)(CCC)C(=O)C(C)CC.C\C=C/C(Nc1nc(-c2ccc3c(c2)N(C2CC(CCC)C2)C(=O)C3(CCC)CCC)cc(N=CCC)c1C)=C(F)\C=C\CC. The third-order valence-corrected chi connectivity index (χ3v) is 15.2. The molecule has 76 heavy (non-hydrogen) atoms. The summed E-state index contributed by atoms with van der Waals surface area (Å²) in [5.74, 6) is 2.76. The molecule has 1 amide bonds. The molecule has 434 valence electrons. The number of hydrogen-bond donors (Lipinski definition) is 1. The average Bonchev–Trinajstić information content (AvgIpc) is 3.61. The van der Waals surface area contributed by atoms with E-state index in [4.69, 9.17) is 9.98 Å². The van der Waals surface area contributed by atoms with Crippen molar-refractivity contribution in [1.82, 2.24) is 4.98 Å². The van der Waals surface area contributed by atoms with E-state index in [0.717, 1.165) is 117 Å². The number of nitrogens with zero attached hydrogens (tertiary/aromatic N) is 3. The minimum atomic E-state index is -0.465. The van der Waals surface area contributed by atoms with E-state index in [0.29, 0.717) is 28.6 Å². The molecule has 0 saturated heterocycles. The van der Waals surface area contributed by atoms with Gasteiger partial charge in [0.15, 0.2) is 0 Å². The number of hydrogen-bond acceptors (Lipinski definition) is 5. The molecule has 1 fully saturated rings. The van der Waals surface area contributed by atoms with Crippen molar-refractivity contribution in [2.75, 3.05) is 10.2 Å². The van der Waals surface area contributed by atoms with Crippen LogP contribution in [-0.4, -0.2) is 28.9 Å². The van der Waals surface area contributed by atoms with Gasteiger partial charge in [0.2, 0.25) is 5.91 Å². The number of pyridine rings is 1. The standard InChI is InChI=1S/C39H53FN4O.C16H32O.C8H18.C4H10.C2H6/c1-8-14-17-32(40)33(16-10-3)42-37-27(7)34(41-22-13-6)26-35(43-37)29-18-19-31-36(25-29)44(30-23-28(24-30)15-9-2)38(45)39(31,20-11-4)21-12-5;1-6-9-10-11-13-16(5,12-7-2)15(17)14(4)8-3;1-5-7-8(3,4)6-2;1-4(2)3;1-2/h10,14,16-19,22,25-26,28,30H,8-9,11-13,15,20-21,23-24H2,1-7H3,(H,42,43);14H,6-13H2,1-5H3;5-7H2,1-4H3;4H,1-3H3;1-2H3/b16-10-,17-14+,33-32-,41-22?;;;;. The number of Topliss-reactive ketones (excluding diaryl/α,β-unsaturated/α-hetero) is 1. The zero-order valence-corrected chi connectivity index (χ0v) is 53.4. The Hall–Kier alpha value is -3.87. The maximum Gasteiger partial charge on any atom is 0.237 e. The molecule has 4 rings (SSSR count). The average molecular weight is 1060 g/mol. The zero-order valence-electron chi connectivity index (χ0n) is 53.4. The van der Waals surface area contributed by atoms with Crippen molar-refractivity contribution in [3.8, 4) is 11.3 Å². The van der Waals surface area contributed by atoms with Gasteiger partial charge in [-0.1, -0.05) is 226 Å². The van der Waals surface area contributed by atoms with E-state index < -0.39 is 5.41 Å². The lowest BCUT2D eigenvalue weighted by Gasteiger charge is -2.42. The summed E-state index contributed by atoms with van der Waals surface area (Å²) in [6.07, 6.45) is 31.8. The molecule has 1 N–H and O–H groups in total. The summed E-state index contributed by atoms with van der Waals surface area (Å²) in [4.78, 5) is 38.8. The number of nitrogens with one attached hydrogen (secondary N) is 1. The summed E-state index contributed by atoms with van der Waals surface area (Å²) in [6.45, 7) is 45.0. The number of ketones is 1. The Bertz CT molecular complexity index is 2050. The fraction of sp³-hybridized carbons (Fsp3) is 0.710. The minimum absolute atomic E-state index is 0.0576. The molecule has 2 aliphatic rings. The van der Waals surface area contributed by atoms with E-state index in [1.807, 2.05) is 53.0 Å². The molecule has 2 aromatic rings. The Morgan fingerprint density at radius 2 is 1.45 bits per heavy atom. The fourth-order valence-corrected chi connectivity index (χ4v) is 10.6. The summed E-state index contributed by atoms with van der Waals surface area (Å²) in [6, 6.07) is 8.72. The number of fused-ring (bicyclic) bond motifs is 1. The molecular formula is C69H119FN4O2. The normalized spacial score (nSPS) is 17.3. The smallest absolute Gasteiger partial charge is 0.237 e. The van der Waals surface area contributed by atoms with Gasteiger partial charge in [-0.3, -0.25) is 14.6 Å². The van der Waals surface area contributed by atoms with Crippen molar-refractivity contribution in [2.24, 2.45) is 33.6 Å². The van der Waals surface area contributed by atoms with Crippen molar-refractivity contribution in [1.29, 1.82) is 0 Å². The minimum Gasteiger partial charge on any atom is -0.338 e. The second-order valence-corrected chi connectivity index (χ2v) is 23.5. The number of halogens is 1.